The molecule has 3 aromatic rings. The van der Waals surface area contributed by atoms with E-state index in [-0.39, 0.29) is 19.1 Å². The number of nitrogens with one attached hydrogen (secondary N) is 1. The average molecular weight is 387 g/mol. The summed E-state index contributed by atoms with van der Waals surface area (Å²) in [5, 5.41) is 5.85. The van der Waals surface area contributed by atoms with Crippen LogP contribution in [0.3, 0.4) is 0 Å². The molecule has 0 fully saturated rings. The van der Waals surface area contributed by atoms with Crippen molar-refractivity contribution >= 4 is 34.8 Å². The van der Waals surface area contributed by atoms with E-state index in [1.165, 1.54) is 11.3 Å². The number of aromatic nitrogens is 1. The van der Waals surface area contributed by atoms with Crippen molar-refractivity contribution in [1.29, 1.82) is 0 Å². The number of esters is 1. The van der Waals surface area contributed by atoms with Crippen molar-refractivity contribution in [3.05, 3.63) is 76.3 Å². The Bertz CT molecular complexity index is 895. The molecule has 0 spiro atoms. The zero-order chi connectivity index (χ0) is 18.4. The fourth-order valence-electron chi connectivity index (χ4n) is 2.15. The topological polar surface area (TPSA) is 68.3 Å². The molecular weight excluding hydrogens is 372 g/mol. The number of hydrogen-bond acceptors (Lipinski definition) is 5. The lowest BCUT2D eigenvalue weighted by atomic mass is 10.2. The van der Waals surface area contributed by atoms with Crippen molar-refractivity contribution in [3.63, 3.8) is 0 Å². The van der Waals surface area contributed by atoms with Crippen LogP contribution >= 0.6 is 22.9 Å². The van der Waals surface area contributed by atoms with E-state index in [9.17, 15) is 9.59 Å². The van der Waals surface area contributed by atoms with Crippen LogP contribution in [0.15, 0.2) is 60.0 Å². The number of thiazole rings is 1. The van der Waals surface area contributed by atoms with Crippen LogP contribution in [0.4, 0.5) is 0 Å². The average Bonchev–Trinajstić information content (AvgIpc) is 3.14. The van der Waals surface area contributed by atoms with Gasteiger partial charge in [0.1, 0.15) is 18.2 Å². The first kappa shape index (κ1) is 18.1. The smallest absolute Gasteiger partial charge is 0.325 e. The predicted octanol–water partition coefficient (Wildman–Crippen LogP) is 3.94. The van der Waals surface area contributed by atoms with Gasteiger partial charge in [0.15, 0.2) is 0 Å². The number of halogens is 1. The SMILES string of the molecule is O=C(CNC(=O)c1ccccc1)OCc1csc(-c2ccc(Cl)cc2)n1. The fraction of sp³-hybridized carbons (Fsp3) is 0.105. The number of hydrogen-bond donors (Lipinski definition) is 1. The van der Waals surface area contributed by atoms with Gasteiger partial charge in [-0.3, -0.25) is 9.59 Å². The maximum absolute atomic E-state index is 11.9. The summed E-state index contributed by atoms with van der Waals surface area (Å²) in [6.07, 6.45) is 0. The molecule has 7 heteroatoms. The third kappa shape index (κ3) is 4.91. The summed E-state index contributed by atoms with van der Waals surface area (Å²) in [6.45, 7) is -0.133. The normalized spacial score (nSPS) is 10.3. The molecule has 1 N–H and O–H groups in total. The van der Waals surface area contributed by atoms with Crippen LogP contribution in [0.2, 0.25) is 5.02 Å². The van der Waals surface area contributed by atoms with Gasteiger partial charge in [-0.25, -0.2) is 4.98 Å². The van der Waals surface area contributed by atoms with E-state index in [0.29, 0.717) is 16.3 Å². The quantitative estimate of drug-likeness (QED) is 0.651. The molecule has 0 atom stereocenters. The van der Waals surface area contributed by atoms with Crippen molar-refractivity contribution in [1.82, 2.24) is 10.3 Å². The maximum atomic E-state index is 11.9. The first-order chi connectivity index (χ1) is 12.6. The largest absolute Gasteiger partial charge is 0.458 e. The van der Waals surface area contributed by atoms with Crippen LogP contribution < -0.4 is 5.32 Å². The van der Waals surface area contributed by atoms with E-state index in [1.54, 1.807) is 36.4 Å². The molecule has 0 radical (unpaired) electrons. The Kier molecular flexibility index (Phi) is 5.99. The minimum Gasteiger partial charge on any atom is -0.458 e. The van der Waals surface area contributed by atoms with Crippen LogP contribution in [-0.4, -0.2) is 23.4 Å². The lowest BCUT2D eigenvalue weighted by molar-refractivity contribution is -0.143. The van der Waals surface area contributed by atoms with Crippen molar-refractivity contribution < 1.29 is 14.3 Å². The number of ether oxygens (including phenoxy) is 1. The molecule has 26 heavy (non-hydrogen) atoms. The molecule has 1 heterocycles. The van der Waals surface area contributed by atoms with E-state index in [2.05, 4.69) is 10.3 Å². The Morgan fingerprint density at radius 2 is 1.81 bits per heavy atom. The Hall–Kier alpha value is -2.70. The lowest BCUT2D eigenvalue weighted by Crippen LogP contribution is -2.30. The highest BCUT2D eigenvalue weighted by molar-refractivity contribution is 7.13. The third-order valence-electron chi connectivity index (χ3n) is 3.45. The van der Waals surface area contributed by atoms with Gasteiger partial charge in [0.2, 0.25) is 0 Å². The van der Waals surface area contributed by atoms with Gasteiger partial charge in [-0.15, -0.1) is 11.3 Å². The molecule has 0 aliphatic rings. The molecule has 1 amide bonds. The number of carbonyl (C=O) groups excluding carboxylic acids is 2. The molecule has 0 saturated heterocycles. The highest BCUT2D eigenvalue weighted by atomic mass is 35.5. The Morgan fingerprint density at radius 1 is 1.08 bits per heavy atom. The van der Waals surface area contributed by atoms with Crippen LogP contribution in [0.25, 0.3) is 10.6 Å². The van der Waals surface area contributed by atoms with Crippen molar-refractivity contribution in [2.45, 2.75) is 6.61 Å². The summed E-state index contributed by atoms with van der Waals surface area (Å²) in [7, 11) is 0. The summed E-state index contributed by atoms with van der Waals surface area (Å²) in [5.74, 6) is -0.837. The molecule has 0 unspecified atom stereocenters. The van der Waals surface area contributed by atoms with E-state index >= 15 is 0 Å². The zero-order valence-electron chi connectivity index (χ0n) is 13.6. The van der Waals surface area contributed by atoms with Gasteiger partial charge in [0.25, 0.3) is 5.91 Å². The minimum atomic E-state index is -0.518. The summed E-state index contributed by atoms with van der Waals surface area (Å²) in [4.78, 5) is 28.1. The molecule has 0 aliphatic carbocycles. The second-order valence-corrected chi connectivity index (χ2v) is 6.65. The predicted molar refractivity (Wildman–Crippen MR) is 101 cm³/mol. The summed E-state index contributed by atoms with van der Waals surface area (Å²) in [5.41, 5.74) is 2.10. The molecule has 5 nitrogen and oxygen atoms in total. The first-order valence-electron chi connectivity index (χ1n) is 7.81. The number of nitrogens with zero attached hydrogens (tertiary/aromatic N) is 1. The fourth-order valence-corrected chi connectivity index (χ4v) is 3.08. The van der Waals surface area contributed by atoms with Gasteiger partial charge in [0, 0.05) is 21.5 Å². The van der Waals surface area contributed by atoms with Gasteiger partial charge in [0.05, 0.1) is 5.69 Å². The number of benzene rings is 2. The molecule has 3 rings (SSSR count). The van der Waals surface area contributed by atoms with Gasteiger partial charge in [-0.2, -0.15) is 0 Å². The summed E-state index contributed by atoms with van der Waals surface area (Å²) in [6, 6.07) is 16.0. The lowest BCUT2D eigenvalue weighted by Gasteiger charge is -2.05. The Labute approximate surface area is 159 Å². The molecule has 1 aromatic heterocycles. The van der Waals surface area contributed by atoms with E-state index in [4.69, 9.17) is 16.3 Å². The van der Waals surface area contributed by atoms with Crippen LogP contribution in [0, 0.1) is 0 Å². The standard InChI is InChI=1S/C19H15ClN2O3S/c20-15-8-6-14(7-9-15)19-22-16(12-26-19)11-25-17(23)10-21-18(24)13-4-2-1-3-5-13/h1-9,12H,10-11H2,(H,21,24). The van der Waals surface area contributed by atoms with Gasteiger partial charge in [-0.1, -0.05) is 41.9 Å². The Morgan fingerprint density at radius 3 is 2.54 bits per heavy atom. The first-order valence-corrected chi connectivity index (χ1v) is 9.07. The molecule has 2 aromatic carbocycles. The second kappa shape index (κ2) is 8.60. The van der Waals surface area contributed by atoms with Crippen LogP contribution in [-0.2, 0) is 16.1 Å². The monoisotopic (exact) mass is 386 g/mol. The highest BCUT2D eigenvalue weighted by Crippen LogP contribution is 2.25. The number of rotatable bonds is 6. The number of amides is 1. The molecule has 0 aliphatic heterocycles. The van der Waals surface area contributed by atoms with Crippen molar-refractivity contribution in [2.75, 3.05) is 6.54 Å². The zero-order valence-corrected chi connectivity index (χ0v) is 15.2. The van der Waals surface area contributed by atoms with Crippen molar-refractivity contribution in [3.8, 4) is 10.6 Å². The van der Waals surface area contributed by atoms with Crippen LogP contribution in [0.1, 0.15) is 16.1 Å². The second-order valence-electron chi connectivity index (χ2n) is 5.36. The highest BCUT2D eigenvalue weighted by Gasteiger charge is 2.10. The van der Waals surface area contributed by atoms with E-state index < -0.39 is 5.97 Å². The third-order valence-corrected chi connectivity index (χ3v) is 4.65. The summed E-state index contributed by atoms with van der Waals surface area (Å²) < 4.78 is 5.15. The van der Waals surface area contributed by atoms with Crippen molar-refractivity contribution in [2.24, 2.45) is 0 Å². The molecule has 0 saturated carbocycles. The minimum absolute atomic E-state index is 0.0597. The maximum Gasteiger partial charge on any atom is 0.325 e. The molecular formula is C19H15ClN2O3S. The van der Waals surface area contributed by atoms with Gasteiger partial charge in [-0.05, 0) is 24.3 Å². The van der Waals surface area contributed by atoms with Crippen LogP contribution in [0.5, 0.6) is 0 Å². The molecule has 132 valence electrons. The van der Waals surface area contributed by atoms with E-state index in [0.717, 1.165) is 10.6 Å². The molecule has 0 bridgehead atoms. The number of carbonyl (C=O) groups is 2. The van der Waals surface area contributed by atoms with Gasteiger partial charge >= 0.3 is 5.97 Å². The van der Waals surface area contributed by atoms with Gasteiger partial charge < -0.3 is 10.1 Å². The Balaban J connectivity index is 1.47. The van der Waals surface area contributed by atoms with E-state index in [1.807, 2.05) is 23.6 Å². The summed E-state index contributed by atoms with van der Waals surface area (Å²) >= 11 is 7.34.